The van der Waals surface area contributed by atoms with E-state index in [0.717, 1.165) is 32.6 Å². The van der Waals surface area contributed by atoms with E-state index in [4.69, 9.17) is 9.47 Å². The van der Waals surface area contributed by atoms with Crippen LogP contribution in [-0.2, 0) is 9.47 Å². The van der Waals surface area contributed by atoms with Gasteiger partial charge in [-0.05, 0) is 31.9 Å². The highest BCUT2D eigenvalue weighted by molar-refractivity contribution is 5.19. The van der Waals surface area contributed by atoms with Crippen molar-refractivity contribution in [2.45, 2.75) is 38.8 Å². The molecule has 1 aromatic carbocycles. The summed E-state index contributed by atoms with van der Waals surface area (Å²) in [5.41, 5.74) is 1.29. The summed E-state index contributed by atoms with van der Waals surface area (Å²) in [6.07, 6.45) is 2.22. The molecule has 2 atom stereocenters. The highest BCUT2D eigenvalue weighted by Crippen LogP contribution is 2.19. The maximum Gasteiger partial charge on any atom is 0.0741 e. The van der Waals surface area contributed by atoms with Crippen LogP contribution in [0.2, 0.25) is 0 Å². The molecule has 0 aliphatic rings. The molecule has 3 nitrogen and oxygen atoms in total. The van der Waals surface area contributed by atoms with Crippen LogP contribution in [0.4, 0.5) is 0 Å². The van der Waals surface area contributed by atoms with Gasteiger partial charge in [-0.15, -0.1) is 0 Å². The largest absolute Gasteiger partial charge is 0.385 e. The van der Waals surface area contributed by atoms with Crippen LogP contribution in [0.25, 0.3) is 0 Å². The van der Waals surface area contributed by atoms with Crippen molar-refractivity contribution >= 4 is 0 Å². The molecule has 0 aliphatic heterocycles. The van der Waals surface area contributed by atoms with Crippen LogP contribution in [0.15, 0.2) is 30.3 Å². The summed E-state index contributed by atoms with van der Waals surface area (Å²) in [5, 5.41) is 3.57. The van der Waals surface area contributed by atoms with Gasteiger partial charge in [0.1, 0.15) is 0 Å². The van der Waals surface area contributed by atoms with Gasteiger partial charge in [0.2, 0.25) is 0 Å². The van der Waals surface area contributed by atoms with E-state index in [-0.39, 0.29) is 12.1 Å². The number of hydrogen-bond donors (Lipinski definition) is 1. The van der Waals surface area contributed by atoms with E-state index in [2.05, 4.69) is 43.4 Å². The lowest BCUT2D eigenvalue weighted by atomic mass is 10.0. The molecule has 0 heterocycles. The highest BCUT2D eigenvalue weighted by Gasteiger charge is 2.18. The van der Waals surface area contributed by atoms with Crippen molar-refractivity contribution < 1.29 is 9.47 Å². The van der Waals surface area contributed by atoms with Gasteiger partial charge in [-0.3, -0.25) is 0 Å². The minimum Gasteiger partial charge on any atom is -0.385 e. The normalized spacial score (nSPS) is 14.3. The Hall–Kier alpha value is -0.900. The van der Waals surface area contributed by atoms with E-state index in [0.29, 0.717) is 0 Å². The molecule has 1 aromatic rings. The van der Waals surface area contributed by atoms with Gasteiger partial charge >= 0.3 is 0 Å². The summed E-state index contributed by atoms with van der Waals surface area (Å²) in [6.45, 7) is 6.81. The van der Waals surface area contributed by atoms with E-state index in [1.54, 1.807) is 7.11 Å². The minimum atomic E-state index is 0.158. The maximum absolute atomic E-state index is 5.92. The van der Waals surface area contributed by atoms with E-state index >= 15 is 0 Å². The average Bonchev–Trinajstić information content (AvgIpc) is 2.45. The van der Waals surface area contributed by atoms with Crippen LogP contribution >= 0.6 is 0 Å². The lowest BCUT2D eigenvalue weighted by Gasteiger charge is -2.26. The third-order valence-corrected chi connectivity index (χ3v) is 3.12. The van der Waals surface area contributed by atoms with Gasteiger partial charge in [-0.2, -0.15) is 0 Å². The molecule has 0 amide bonds. The predicted molar refractivity (Wildman–Crippen MR) is 79.4 cm³/mol. The molecule has 0 aromatic heterocycles. The van der Waals surface area contributed by atoms with Crippen LogP contribution in [0.1, 0.15) is 38.3 Å². The van der Waals surface area contributed by atoms with Crippen LogP contribution in [-0.4, -0.2) is 33.0 Å². The zero-order valence-electron chi connectivity index (χ0n) is 12.4. The minimum absolute atomic E-state index is 0.158. The summed E-state index contributed by atoms with van der Waals surface area (Å²) in [5.74, 6) is 0. The molecule has 108 valence electrons. The smallest absolute Gasteiger partial charge is 0.0741 e. The van der Waals surface area contributed by atoms with E-state index in [1.165, 1.54) is 5.56 Å². The maximum atomic E-state index is 5.92. The van der Waals surface area contributed by atoms with Crippen molar-refractivity contribution in [1.29, 1.82) is 0 Å². The van der Waals surface area contributed by atoms with Gasteiger partial charge in [0.25, 0.3) is 0 Å². The molecule has 1 N–H and O–H groups in total. The number of benzene rings is 1. The second-order valence-electron chi connectivity index (χ2n) is 4.76. The summed E-state index contributed by atoms with van der Waals surface area (Å²) in [6, 6.07) is 10.8. The molecule has 19 heavy (non-hydrogen) atoms. The third kappa shape index (κ3) is 6.19. The van der Waals surface area contributed by atoms with Crippen molar-refractivity contribution in [3.8, 4) is 0 Å². The molecule has 0 aliphatic carbocycles. The molecule has 1 rings (SSSR count). The Kier molecular flexibility index (Phi) is 8.47. The molecular formula is C16H27NO2. The first-order chi connectivity index (χ1) is 9.29. The first-order valence-corrected chi connectivity index (χ1v) is 7.18. The van der Waals surface area contributed by atoms with Crippen molar-refractivity contribution in [3.05, 3.63) is 35.9 Å². The average molecular weight is 265 g/mol. The SMILES string of the molecule is CCCNC(c1ccccc1)C(C)OCCCOC. The molecule has 0 radical (unpaired) electrons. The number of methoxy groups -OCH3 is 1. The Labute approximate surface area is 117 Å². The summed E-state index contributed by atoms with van der Waals surface area (Å²) < 4.78 is 11.0. The summed E-state index contributed by atoms with van der Waals surface area (Å²) in [4.78, 5) is 0. The van der Waals surface area contributed by atoms with Crippen LogP contribution < -0.4 is 5.32 Å². The fourth-order valence-electron chi connectivity index (χ4n) is 2.08. The number of nitrogens with one attached hydrogen (secondary N) is 1. The monoisotopic (exact) mass is 265 g/mol. The van der Waals surface area contributed by atoms with Crippen molar-refractivity contribution in [2.24, 2.45) is 0 Å². The zero-order chi connectivity index (χ0) is 13.9. The molecule has 0 bridgehead atoms. The number of hydrogen-bond acceptors (Lipinski definition) is 3. The second-order valence-corrected chi connectivity index (χ2v) is 4.76. The van der Waals surface area contributed by atoms with E-state index < -0.39 is 0 Å². The van der Waals surface area contributed by atoms with Crippen LogP contribution in [0.3, 0.4) is 0 Å². The van der Waals surface area contributed by atoms with Gasteiger partial charge in [0.05, 0.1) is 12.1 Å². The molecule has 0 saturated heterocycles. The second kappa shape index (κ2) is 9.96. The molecule has 2 unspecified atom stereocenters. The third-order valence-electron chi connectivity index (χ3n) is 3.12. The Balaban J connectivity index is 2.53. The first kappa shape index (κ1) is 16.2. The topological polar surface area (TPSA) is 30.5 Å². The fraction of sp³-hybridized carbons (Fsp3) is 0.625. The Morgan fingerprint density at radius 2 is 1.89 bits per heavy atom. The lowest BCUT2D eigenvalue weighted by molar-refractivity contribution is 0.0270. The first-order valence-electron chi connectivity index (χ1n) is 7.18. The Morgan fingerprint density at radius 1 is 1.16 bits per heavy atom. The van der Waals surface area contributed by atoms with Crippen molar-refractivity contribution in [3.63, 3.8) is 0 Å². The zero-order valence-corrected chi connectivity index (χ0v) is 12.4. The summed E-state index contributed by atoms with van der Waals surface area (Å²) in [7, 11) is 1.72. The summed E-state index contributed by atoms with van der Waals surface area (Å²) >= 11 is 0. The molecule has 0 fully saturated rings. The van der Waals surface area contributed by atoms with Gasteiger partial charge in [-0.1, -0.05) is 37.3 Å². The Bertz CT molecular complexity index is 316. The molecule has 0 saturated carbocycles. The molecule has 0 spiro atoms. The number of ether oxygens (including phenoxy) is 2. The van der Waals surface area contributed by atoms with Crippen LogP contribution in [0, 0.1) is 0 Å². The lowest BCUT2D eigenvalue weighted by Crippen LogP contribution is -2.33. The highest BCUT2D eigenvalue weighted by atomic mass is 16.5. The van der Waals surface area contributed by atoms with Gasteiger partial charge in [-0.25, -0.2) is 0 Å². The van der Waals surface area contributed by atoms with Gasteiger partial charge in [0, 0.05) is 20.3 Å². The van der Waals surface area contributed by atoms with E-state index in [9.17, 15) is 0 Å². The van der Waals surface area contributed by atoms with Crippen LogP contribution in [0.5, 0.6) is 0 Å². The van der Waals surface area contributed by atoms with E-state index in [1.807, 2.05) is 6.07 Å². The molecule has 3 heteroatoms. The molecular weight excluding hydrogens is 238 g/mol. The standard InChI is InChI=1S/C16H27NO2/c1-4-11-17-16(15-9-6-5-7-10-15)14(2)19-13-8-12-18-3/h5-7,9-10,14,16-17H,4,8,11-13H2,1-3H3. The van der Waals surface area contributed by atoms with Crippen molar-refractivity contribution in [1.82, 2.24) is 5.32 Å². The predicted octanol–water partition coefficient (Wildman–Crippen LogP) is 3.17. The number of rotatable bonds is 10. The Morgan fingerprint density at radius 3 is 2.53 bits per heavy atom. The van der Waals surface area contributed by atoms with Gasteiger partial charge < -0.3 is 14.8 Å². The van der Waals surface area contributed by atoms with Crippen molar-refractivity contribution in [2.75, 3.05) is 26.9 Å². The van der Waals surface area contributed by atoms with Gasteiger partial charge in [0.15, 0.2) is 0 Å². The fourth-order valence-corrected chi connectivity index (χ4v) is 2.08. The quantitative estimate of drug-likeness (QED) is 0.659.